The Morgan fingerprint density at radius 3 is 2.92 bits per heavy atom. The van der Waals surface area contributed by atoms with Gasteiger partial charge in [0.25, 0.3) is 5.91 Å². The summed E-state index contributed by atoms with van der Waals surface area (Å²) in [5.41, 5.74) is 3.49. The first-order valence-electron chi connectivity index (χ1n) is 8.59. The molecule has 1 aliphatic heterocycles. The lowest BCUT2D eigenvalue weighted by atomic mass is 10.0. The second-order valence-corrected chi connectivity index (χ2v) is 6.32. The third-order valence-electron chi connectivity index (χ3n) is 4.17. The number of carbonyl (C=O) groups excluding carboxylic acids is 1. The van der Waals surface area contributed by atoms with Crippen molar-refractivity contribution in [2.45, 2.75) is 19.4 Å². The highest BCUT2D eigenvalue weighted by Gasteiger charge is 2.22. The number of hydrogen-bond donors (Lipinski definition) is 3. The van der Waals surface area contributed by atoms with Crippen molar-refractivity contribution >= 4 is 29.1 Å². The van der Waals surface area contributed by atoms with Gasteiger partial charge < -0.3 is 20.7 Å². The van der Waals surface area contributed by atoms with Crippen molar-refractivity contribution in [1.82, 2.24) is 15.3 Å². The summed E-state index contributed by atoms with van der Waals surface area (Å²) in [6.45, 7) is 3.89. The van der Waals surface area contributed by atoms with Crippen LogP contribution in [0.25, 0.3) is 11.3 Å². The van der Waals surface area contributed by atoms with Crippen molar-refractivity contribution in [3.8, 4) is 11.3 Å². The number of aryl methyl sites for hydroxylation is 1. The number of morpholine rings is 1. The molecule has 1 aliphatic rings. The SMILES string of the molecule is CCc1cc(NC(=O)[C@@H]2CNCCO2)ccc1-c1cc(Cl)nc(NC)n1. The molecule has 0 radical (unpaired) electrons. The Hall–Kier alpha value is -2.22. The van der Waals surface area contributed by atoms with Crippen molar-refractivity contribution in [3.63, 3.8) is 0 Å². The summed E-state index contributed by atoms with van der Waals surface area (Å²) in [4.78, 5) is 20.9. The first-order chi connectivity index (χ1) is 12.6. The number of halogens is 1. The van der Waals surface area contributed by atoms with Gasteiger partial charge in [-0.05, 0) is 24.1 Å². The van der Waals surface area contributed by atoms with E-state index in [4.69, 9.17) is 16.3 Å². The smallest absolute Gasteiger partial charge is 0.254 e. The fourth-order valence-electron chi connectivity index (χ4n) is 2.84. The minimum absolute atomic E-state index is 0.144. The van der Waals surface area contributed by atoms with Gasteiger partial charge in [0.1, 0.15) is 11.3 Å². The molecular formula is C18H22ClN5O2. The van der Waals surface area contributed by atoms with Crippen LogP contribution in [0.5, 0.6) is 0 Å². The van der Waals surface area contributed by atoms with Gasteiger partial charge in [0.05, 0.1) is 12.3 Å². The molecule has 3 rings (SSSR count). The summed E-state index contributed by atoms with van der Waals surface area (Å²) in [7, 11) is 1.75. The molecule has 0 spiro atoms. The summed E-state index contributed by atoms with van der Waals surface area (Å²) >= 11 is 6.09. The molecule has 1 atom stereocenters. The van der Waals surface area contributed by atoms with E-state index >= 15 is 0 Å². The van der Waals surface area contributed by atoms with Gasteiger partial charge in [0.15, 0.2) is 0 Å². The predicted molar refractivity (Wildman–Crippen MR) is 103 cm³/mol. The van der Waals surface area contributed by atoms with E-state index in [1.807, 2.05) is 18.2 Å². The largest absolute Gasteiger partial charge is 0.366 e. The standard InChI is InChI=1S/C18H22ClN5O2/c1-3-11-8-12(22-17(25)15-10-21-6-7-26-15)4-5-13(11)14-9-16(19)24-18(20-2)23-14/h4-5,8-9,15,21H,3,6-7,10H2,1-2H3,(H,22,25)(H,20,23,24)/t15-/m0/s1. The van der Waals surface area contributed by atoms with E-state index in [0.29, 0.717) is 24.3 Å². The van der Waals surface area contributed by atoms with Crippen LogP contribution >= 0.6 is 11.6 Å². The maximum Gasteiger partial charge on any atom is 0.254 e. The lowest BCUT2D eigenvalue weighted by Crippen LogP contribution is -2.45. The fourth-order valence-corrected chi connectivity index (χ4v) is 3.02. The number of ether oxygens (including phenoxy) is 1. The lowest BCUT2D eigenvalue weighted by Gasteiger charge is -2.23. The third-order valence-corrected chi connectivity index (χ3v) is 4.36. The molecule has 2 aromatic rings. The Kier molecular flexibility index (Phi) is 6.03. The van der Waals surface area contributed by atoms with Crippen molar-refractivity contribution < 1.29 is 9.53 Å². The molecule has 138 valence electrons. The summed E-state index contributed by atoms with van der Waals surface area (Å²) in [6.07, 6.45) is 0.323. The average Bonchev–Trinajstić information content (AvgIpc) is 2.68. The van der Waals surface area contributed by atoms with Gasteiger partial charge in [0, 0.05) is 37.5 Å². The van der Waals surface area contributed by atoms with Gasteiger partial charge in [-0.3, -0.25) is 4.79 Å². The minimum atomic E-state index is -0.465. The van der Waals surface area contributed by atoms with E-state index in [1.165, 1.54) is 0 Å². The minimum Gasteiger partial charge on any atom is -0.366 e. The molecule has 8 heteroatoms. The highest BCUT2D eigenvalue weighted by Crippen LogP contribution is 2.28. The van der Waals surface area contributed by atoms with Gasteiger partial charge in [-0.1, -0.05) is 24.6 Å². The first kappa shape index (κ1) is 18.6. The number of hydrogen-bond acceptors (Lipinski definition) is 6. The molecule has 26 heavy (non-hydrogen) atoms. The maximum absolute atomic E-state index is 12.3. The van der Waals surface area contributed by atoms with Crippen LogP contribution in [0.3, 0.4) is 0 Å². The zero-order valence-corrected chi connectivity index (χ0v) is 15.6. The van der Waals surface area contributed by atoms with Gasteiger partial charge in [-0.25, -0.2) is 9.97 Å². The second kappa shape index (κ2) is 8.44. The van der Waals surface area contributed by atoms with Crippen molar-refractivity contribution in [2.24, 2.45) is 0 Å². The van der Waals surface area contributed by atoms with E-state index < -0.39 is 6.10 Å². The molecule has 1 saturated heterocycles. The Balaban J connectivity index is 1.83. The van der Waals surface area contributed by atoms with E-state index in [0.717, 1.165) is 35.5 Å². The number of amides is 1. The Labute approximate surface area is 157 Å². The fraction of sp³-hybridized carbons (Fsp3) is 0.389. The average molecular weight is 376 g/mol. The summed E-state index contributed by atoms with van der Waals surface area (Å²) in [5.74, 6) is 0.323. The van der Waals surface area contributed by atoms with Gasteiger partial charge >= 0.3 is 0 Å². The predicted octanol–water partition coefficient (Wildman–Crippen LogP) is 2.33. The quantitative estimate of drug-likeness (QED) is 0.695. The molecular weight excluding hydrogens is 354 g/mol. The van der Waals surface area contributed by atoms with Gasteiger partial charge in [-0.15, -0.1) is 0 Å². The zero-order valence-electron chi connectivity index (χ0n) is 14.8. The molecule has 1 aromatic heterocycles. The van der Waals surface area contributed by atoms with Gasteiger partial charge in [0.2, 0.25) is 5.95 Å². The van der Waals surface area contributed by atoms with Crippen LogP contribution < -0.4 is 16.0 Å². The number of nitrogens with zero attached hydrogens (tertiary/aromatic N) is 2. The molecule has 7 nitrogen and oxygen atoms in total. The van der Waals surface area contributed by atoms with E-state index in [-0.39, 0.29) is 5.91 Å². The molecule has 2 heterocycles. The van der Waals surface area contributed by atoms with Crippen LogP contribution in [0.2, 0.25) is 5.15 Å². The highest BCUT2D eigenvalue weighted by molar-refractivity contribution is 6.29. The monoisotopic (exact) mass is 375 g/mol. The van der Waals surface area contributed by atoms with E-state index in [9.17, 15) is 4.79 Å². The normalized spacial score (nSPS) is 17.0. The van der Waals surface area contributed by atoms with Crippen molar-refractivity contribution in [3.05, 3.63) is 35.0 Å². The van der Waals surface area contributed by atoms with Crippen LogP contribution in [0.4, 0.5) is 11.6 Å². The van der Waals surface area contributed by atoms with Crippen molar-refractivity contribution in [1.29, 1.82) is 0 Å². The van der Waals surface area contributed by atoms with Crippen LogP contribution in [0.1, 0.15) is 12.5 Å². The van der Waals surface area contributed by atoms with E-state index in [2.05, 4.69) is 32.8 Å². The Bertz CT molecular complexity index is 793. The number of aromatic nitrogens is 2. The Morgan fingerprint density at radius 1 is 1.38 bits per heavy atom. The third kappa shape index (κ3) is 4.30. The Morgan fingerprint density at radius 2 is 2.23 bits per heavy atom. The zero-order chi connectivity index (χ0) is 18.5. The lowest BCUT2D eigenvalue weighted by molar-refractivity contribution is -0.128. The number of carbonyl (C=O) groups is 1. The van der Waals surface area contributed by atoms with Crippen LogP contribution in [0.15, 0.2) is 24.3 Å². The summed E-state index contributed by atoms with van der Waals surface area (Å²) < 4.78 is 5.49. The first-order valence-corrected chi connectivity index (χ1v) is 8.97. The molecule has 1 fully saturated rings. The second-order valence-electron chi connectivity index (χ2n) is 5.93. The molecule has 0 saturated carbocycles. The number of anilines is 2. The molecule has 0 aliphatic carbocycles. The van der Waals surface area contributed by atoms with Crippen LogP contribution in [-0.2, 0) is 16.0 Å². The molecule has 0 bridgehead atoms. The van der Waals surface area contributed by atoms with Crippen LogP contribution in [0, 0.1) is 0 Å². The number of rotatable bonds is 5. The van der Waals surface area contributed by atoms with Crippen LogP contribution in [-0.4, -0.2) is 48.7 Å². The summed E-state index contributed by atoms with van der Waals surface area (Å²) in [6, 6.07) is 7.49. The number of benzene rings is 1. The molecule has 1 aromatic carbocycles. The maximum atomic E-state index is 12.3. The molecule has 1 amide bonds. The van der Waals surface area contributed by atoms with E-state index in [1.54, 1.807) is 13.1 Å². The molecule has 0 unspecified atom stereocenters. The van der Waals surface area contributed by atoms with Gasteiger partial charge in [-0.2, -0.15) is 0 Å². The number of nitrogens with one attached hydrogen (secondary N) is 3. The highest BCUT2D eigenvalue weighted by atomic mass is 35.5. The summed E-state index contributed by atoms with van der Waals surface area (Å²) in [5, 5.41) is 9.36. The molecule has 3 N–H and O–H groups in total. The van der Waals surface area contributed by atoms with Crippen molar-refractivity contribution in [2.75, 3.05) is 37.4 Å². The topological polar surface area (TPSA) is 88.2 Å².